The van der Waals surface area contributed by atoms with Gasteiger partial charge in [0.2, 0.25) is 11.8 Å². The zero-order chi connectivity index (χ0) is 32.2. The van der Waals surface area contributed by atoms with E-state index in [2.05, 4.69) is 21.0 Å². The van der Waals surface area contributed by atoms with E-state index in [1.54, 1.807) is 0 Å². The average Bonchev–Trinajstić information content (AvgIpc) is 3.74. The van der Waals surface area contributed by atoms with Crippen molar-refractivity contribution < 1.29 is 41.0 Å². The van der Waals surface area contributed by atoms with Gasteiger partial charge < -0.3 is 34.7 Å². The van der Waals surface area contributed by atoms with Crippen molar-refractivity contribution in [2.24, 2.45) is 11.7 Å². The molecule has 1 saturated heterocycles. The maximum atomic E-state index is 15.0. The summed E-state index contributed by atoms with van der Waals surface area (Å²) in [6.07, 6.45) is 7.43. The number of ether oxygens (including phenoxy) is 2. The van der Waals surface area contributed by atoms with Crippen molar-refractivity contribution in [1.82, 2.24) is 20.1 Å². The highest BCUT2D eigenvalue weighted by Gasteiger charge is 2.34. The van der Waals surface area contributed by atoms with E-state index in [1.807, 2.05) is 11.9 Å². The third-order valence-corrected chi connectivity index (χ3v) is 7.52. The fourth-order valence-electron chi connectivity index (χ4n) is 4.76. The SMILES string of the molecule is C#C[C@H](N)c1oc(-c2ccc(OC(F)F)c(OCC3CC3)c2)nc1C(=O)NC(C(=O)N1CCN(C)CC1)c1ccc(F)cc1F. The van der Waals surface area contributed by atoms with Gasteiger partial charge in [0.15, 0.2) is 23.0 Å². The summed E-state index contributed by atoms with van der Waals surface area (Å²) in [5, 5.41) is 2.50. The summed E-state index contributed by atoms with van der Waals surface area (Å²) in [5.74, 6) is -1.49. The first-order valence-corrected chi connectivity index (χ1v) is 14.2. The van der Waals surface area contributed by atoms with Gasteiger partial charge >= 0.3 is 6.61 Å². The number of amides is 2. The molecule has 1 aromatic heterocycles. The maximum absolute atomic E-state index is 15.0. The van der Waals surface area contributed by atoms with Gasteiger partial charge in [0.1, 0.15) is 23.7 Å². The van der Waals surface area contributed by atoms with Gasteiger partial charge in [-0.05, 0) is 50.1 Å². The van der Waals surface area contributed by atoms with Crippen LogP contribution in [0.5, 0.6) is 11.5 Å². The number of nitrogens with two attached hydrogens (primary N) is 1. The Labute approximate surface area is 256 Å². The van der Waals surface area contributed by atoms with Crippen molar-refractivity contribution in [2.45, 2.75) is 31.5 Å². The number of alkyl halides is 2. The van der Waals surface area contributed by atoms with Gasteiger partial charge in [-0.15, -0.1) is 6.42 Å². The molecule has 10 nitrogen and oxygen atoms in total. The van der Waals surface area contributed by atoms with E-state index in [0.717, 1.165) is 25.0 Å². The molecule has 3 aromatic rings. The van der Waals surface area contributed by atoms with Crippen LogP contribution in [0.3, 0.4) is 0 Å². The number of aromatic nitrogens is 1. The van der Waals surface area contributed by atoms with E-state index in [-0.39, 0.29) is 46.6 Å². The number of carbonyl (C=O) groups excluding carboxylic acids is 2. The van der Waals surface area contributed by atoms with Crippen LogP contribution in [-0.2, 0) is 4.79 Å². The van der Waals surface area contributed by atoms with Crippen molar-refractivity contribution in [1.29, 1.82) is 0 Å². The molecule has 45 heavy (non-hydrogen) atoms. The van der Waals surface area contributed by atoms with Crippen LogP contribution >= 0.6 is 0 Å². The predicted octanol–water partition coefficient (Wildman–Crippen LogP) is 3.89. The summed E-state index contributed by atoms with van der Waals surface area (Å²) in [4.78, 5) is 35.1. The zero-order valence-electron chi connectivity index (χ0n) is 24.3. The normalized spacial score (nSPS) is 16.6. The molecule has 2 aliphatic rings. The Morgan fingerprint density at radius 3 is 2.51 bits per heavy atom. The van der Waals surface area contributed by atoms with Gasteiger partial charge in [-0.25, -0.2) is 13.8 Å². The summed E-state index contributed by atoms with van der Waals surface area (Å²) in [6, 6.07) is 3.85. The first-order chi connectivity index (χ1) is 21.5. The lowest BCUT2D eigenvalue weighted by Gasteiger charge is -2.35. The topological polar surface area (TPSA) is 123 Å². The molecule has 2 aromatic carbocycles. The number of carbonyl (C=O) groups is 2. The molecule has 3 N–H and O–H groups in total. The van der Waals surface area contributed by atoms with E-state index < -0.39 is 42.1 Å². The summed E-state index contributed by atoms with van der Waals surface area (Å²) in [5.41, 5.74) is 5.61. The lowest BCUT2D eigenvalue weighted by molar-refractivity contribution is -0.135. The number of terminal acetylenes is 1. The van der Waals surface area contributed by atoms with Gasteiger partial charge in [-0.2, -0.15) is 8.78 Å². The molecule has 1 aliphatic heterocycles. The molecule has 14 heteroatoms. The summed E-state index contributed by atoms with van der Waals surface area (Å²) in [6.45, 7) is -1.05. The molecule has 0 spiro atoms. The Kier molecular flexibility index (Phi) is 9.60. The number of benzene rings is 2. The highest BCUT2D eigenvalue weighted by molar-refractivity contribution is 5.98. The van der Waals surface area contributed by atoms with E-state index >= 15 is 0 Å². The Balaban J connectivity index is 1.48. The van der Waals surface area contributed by atoms with Crippen LogP contribution < -0.4 is 20.5 Å². The molecule has 2 heterocycles. The molecule has 2 atom stereocenters. The molecule has 1 saturated carbocycles. The van der Waals surface area contributed by atoms with Crippen molar-refractivity contribution in [2.75, 3.05) is 39.8 Å². The summed E-state index contributed by atoms with van der Waals surface area (Å²) in [7, 11) is 1.89. The number of nitrogens with one attached hydrogen (secondary N) is 1. The molecule has 0 radical (unpaired) electrons. The van der Waals surface area contributed by atoms with Gasteiger partial charge in [0.25, 0.3) is 5.91 Å². The number of halogens is 4. The highest BCUT2D eigenvalue weighted by atomic mass is 19.3. The van der Waals surface area contributed by atoms with E-state index in [1.165, 1.54) is 23.1 Å². The highest BCUT2D eigenvalue weighted by Crippen LogP contribution is 2.37. The second kappa shape index (κ2) is 13.6. The largest absolute Gasteiger partial charge is 0.489 e. The van der Waals surface area contributed by atoms with Gasteiger partial charge in [0.05, 0.1) is 6.61 Å². The first kappa shape index (κ1) is 31.8. The summed E-state index contributed by atoms with van der Waals surface area (Å²) < 4.78 is 70.9. The second-order valence-corrected chi connectivity index (χ2v) is 10.9. The standard InChI is InChI=1S/C31H31F4N5O5/c1-3-22(36)27-26(38-29(45-27)18-6-9-23(44-31(34)35)24(14-18)43-16-17-4-5-17)28(41)37-25(20-8-7-19(32)15-21(20)33)30(42)40-12-10-39(2)11-13-40/h1,6-9,14-15,17,22,25,31H,4-5,10-13,16,36H2,2H3,(H,37,41)/t22-,25?/m0/s1. The molecular formula is C31H31F4N5O5. The quantitative estimate of drug-likeness (QED) is 0.242. The average molecular weight is 630 g/mol. The van der Waals surface area contributed by atoms with Crippen LogP contribution in [0.2, 0.25) is 0 Å². The minimum Gasteiger partial charge on any atom is -0.489 e. The molecular weight excluding hydrogens is 598 g/mol. The van der Waals surface area contributed by atoms with Crippen molar-refractivity contribution in [3.8, 4) is 35.3 Å². The number of oxazole rings is 1. The van der Waals surface area contributed by atoms with Crippen LogP contribution in [-0.4, -0.2) is 73.0 Å². The van der Waals surface area contributed by atoms with Crippen molar-refractivity contribution >= 4 is 11.8 Å². The van der Waals surface area contributed by atoms with E-state index in [4.69, 9.17) is 21.3 Å². The number of piperazine rings is 1. The molecule has 1 unspecified atom stereocenters. The first-order valence-electron chi connectivity index (χ1n) is 14.2. The fraction of sp³-hybridized carbons (Fsp3) is 0.387. The van der Waals surface area contributed by atoms with Crippen LogP contribution in [0.15, 0.2) is 40.8 Å². The lowest BCUT2D eigenvalue weighted by atomic mass is 10.0. The Hall–Kier alpha value is -4.61. The maximum Gasteiger partial charge on any atom is 0.387 e. The number of rotatable bonds is 11. The second-order valence-electron chi connectivity index (χ2n) is 10.9. The van der Waals surface area contributed by atoms with Gasteiger partial charge in [0, 0.05) is 43.4 Å². The molecule has 238 valence electrons. The molecule has 2 fully saturated rings. The Bertz CT molecular complexity index is 1600. The van der Waals surface area contributed by atoms with E-state index in [9.17, 15) is 27.2 Å². The minimum atomic E-state index is -3.09. The van der Waals surface area contributed by atoms with E-state index in [0.29, 0.717) is 38.2 Å². The Morgan fingerprint density at radius 2 is 1.87 bits per heavy atom. The van der Waals surface area contributed by atoms with Crippen LogP contribution in [0.25, 0.3) is 11.5 Å². The van der Waals surface area contributed by atoms with Crippen LogP contribution in [0.1, 0.15) is 46.7 Å². The molecule has 5 rings (SSSR count). The van der Waals surface area contributed by atoms with Gasteiger partial charge in [-0.3, -0.25) is 9.59 Å². The predicted molar refractivity (Wildman–Crippen MR) is 153 cm³/mol. The molecule has 1 aliphatic carbocycles. The smallest absolute Gasteiger partial charge is 0.387 e. The number of hydrogen-bond acceptors (Lipinski definition) is 8. The Morgan fingerprint density at radius 1 is 1.13 bits per heavy atom. The van der Waals surface area contributed by atoms with Crippen LogP contribution in [0, 0.1) is 29.9 Å². The number of likely N-dealkylation sites (N-methyl/N-ethyl adjacent to an activating group) is 1. The van der Waals surface area contributed by atoms with Crippen molar-refractivity contribution in [3.05, 3.63) is 65.1 Å². The molecule has 0 bridgehead atoms. The fourth-order valence-corrected chi connectivity index (χ4v) is 4.76. The third-order valence-electron chi connectivity index (χ3n) is 7.52. The lowest BCUT2D eigenvalue weighted by Crippen LogP contribution is -2.51. The zero-order valence-corrected chi connectivity index (χ0v) is 24.3. The van der Waals surface area contributed by atoms with Gasteiger partial charge in [-0.1, -0.05) is 12.0 Å². The summed E-state index contributed by atoms with van der Waals surface area (Å²) >= 11 is 0. The number of nitrogens with zero attached hydrogens (tertiary/aromatic N) is 3. The molecule has 2 amide bonds. The van der Waals surface area contributed by atoms with Crippen LogP contribution in [0.4, 0.5) is 17.6 Å². The monoisotopic (exact) mass is 629 g/mol. The number of hydrogen-bond donors (Lipinski definition) is 2. The van der Waals surface area contributed by atoms with Crippen molar-refractivity contribution in [3.63, 3.8) is 0 Å². The minimum absolute atomic E-state index is 0.0105. The third kappa shape index (κ3) is 7.55.